The van der Waals surface area contributed by atoms with E-state index in [2.05, 4.69) is 49.7 Å². The first kappa shape index (κ1) is 21.9. The van der Waals surface area contributed by atoms with Gasteiger partial charge in [0.2, 0.25) is 0 Å². The first-order chi connectivity index (χ1) is 15.5. The van der Waals surface area contributed by atoms with Gasteiger partial charge in [0, 0.05) is 37.8 Å². The molecular formula is C23H32N8O. The van der Waals surface area contributed by atoms with E-state index >= 15 is 0 Å². The zero-order valence-corrected chi connectivity index (χ0v) is 19.3. The molecule has 4 rings (SSSR count). The maximum atomic E-state index is 5.81. The Kier molecular flexibility index (Phi) is 6.72. The van der Waals surface area contributed by atoms with Crippen LogP contribution in [-0.4, -0.2) is 43.7 Å². The topological polar surface area (TPSA) is 94.2 Å². The fourth-order valence-corrected chi connectivity index (χ4v) is 3.89. The lowest BCUT2D eigenvalue weighted by Crippen LogP contribution is -2.41. The van der Waals surface area contributed by atoms with Crippen LogP contribution in [-0.2, 0) is 20.1 Å². The molecule has 1 aromatic carbocycles. The normalized spacial score (nSPS) is 15.9. The molecule has 3 aromatic rings. The Morgan fingerprint density at radius 3 is 2.81 bits per heavy atom. The van der Waals surface area contributed by atoms with Crippen molar-refractivity contribution in [1.82, 2.24) is 35.2 Å². The fraction of sp³-hybridized carbons (Fsp3) is 0.478. The van der Waals surface area contributed by atoms with Crippen molar-refractivity contribution in [1.29, 1.82) is 0 Å². The molecule has 2 N–H and O–H groups in total. The molecule has 0 fully saturated rings. The van der Waals surface area contributed by atoms with Crippen LogP contribution in [0.25, 0.3) is 0 Å². The van der Waals surface area contributed by atoms with Crippen LogP contribution in [0.15, 0.2) is 35.3 Å². The molecule has 0 amide bonds. The Bertz CT molecular complexity index is 1080. The van der Waals surface area contributed by atoms with E-state index in [1.807, 2.05) is 43.7 Å². The van der Waals surface area contributed by atoms with Crippen molar-refractivity contribution in [2.75, 3.05) is 13.2 Å². The van der Waals surface area contributed by atoms with Crippen molar-refractivity contribution < 1.29 is 4.74 Å². The standard InChI is InChI=1S/C23H32N8O/c1-16-14-17(2)31(29-16)12-7-11-24-23(25-15-22-28-27-18(3)30(22)4)26-20-10-13-32-21-9-6-5-8-19(20)21/h5-6,8-9,14,20H,7,10-13,15H2,1-4H3,(H2,24,25,26). The number of fused-ring (bicyclic) bond motifs is 1. The Balaban J connectivity index is 1.43. The number of aliphatic imine (C=N–C) groups is 1. The Labute approximate surface area is 188 Å². The molecule has 1 unspecified atom stereocenters. The molecule has 9 heteroatoms. The van der Waals surface area contributed by atoms with Gasteiger partial charge < -0.3 is 19.9 Å². The molecule has 1 aliphatic rings. The Morgan fingerprint density at radius 1 is 1.22 bits per heavy atom. The Hall–Kier alpha value is -3.36. The molecule has 32 heavy (non-hydrogen) atoms. The number of hydrogen-bond donors (Lipinski definition) is 2. The molecule has 0 spiro atoms. The second-order valence-corrected chi connectivity index (χ2v) is 8.19. The minimum atomic E-state index is 0.142. The zero-order chi connectivity index (χ0) is 22.5. The lowest BCUT2D eigenvalue weighted by molar-refractivity contribution is 0.261. The zero-order valence-electron chi connectivity index (χ0n) is 19.3. The van der Waals surface area contributed by atoms with Crippen molar-refractivity contribution in [2.45, 2.75) is 52.7 Å². The van der Waals surface area contributed by atoms with Gasteiger partial charge in [0.25, 0.3) is 0 Å². The average Bonchev–Trinajstić information content (AvgIpc) is 3.29. The van der Waals surface area contributed by atoms with Crippen LogP contribution in [0.2, 0.25) is 0 Å². The van der Waals surface area contributed by atoms with E-state index in [0.717, 1.165) is 60.5 Å². The first-order valence-corrected chi connectivity index (χ1v) is 11.1. The number of para-hydroxylation sites is 1. The maximum Gasteiger partial charge on any atom is 0.192 e. The largest absolute Gasteiger partial charge is 0.493 e. The molecule has 0 saturated carbocycles. The molecule has 2 aromatic heterocycles. The minimum Gasteiger partial charge on any atom is -0.493 e. The third kappa shape index (κ3) is 5.09. The fourth-order valence-electron chi connectivity index (χ4n) is 3.89. The summed E-state index contributed by atoms with van der Waals surface area (Å²) in [7, 11) is 1.96. The third-order valence-electron chi connectivity index (χ3n) is 5.77. The average molecular weight is 437 g/mol. The predicted molar refractivity (Wildman–Crippen MR) is 124 cm³/mol. The molecule has 1 atom stereocenters. The van der Waals surface area contributed by atoms with Gasteiger partial charge in [-0.1, -0.05) is 18.2 Å². The summed E-state index contributed by atoms with van der Waals surface area (Å²) in [6.45, 7) is 8.84. The van der Waals surface area contributed by atoms with Gasteiger partial charge in [-0.3, -0.25) is 4.68 Å². The number of benzene rings is 1. The smallest absolute Gasteiger partial charge is 0.192 e. The summed E-state index contributed by atoms with van der Waals surface area (Å²) < 4.78 is 9.83. The highest BCUT2D eigenvalue weighted by Gasteiger charge is 2.22. The second kappa shape index (κ2) is 9.84. The number of hydrogen-bond acceptors (Lipinski definition) is 5. The highest BCUT2D eigenvalue weighted by atomic mass is 16.5. The van der Waals surface area contributed by atoms with E-state index in [-0.39, 0.29) is 6.04 Å². The van der Waals surface area contributed by atoms with E-state index in [4.69, 9.17) is 9.73 Å². The number of nitrogens with one attached hydrogen (secondary N) is 2. The number of aromatic nitrogens is 5. The van der Waals surface area contributed by atoms with Crippen LogP contribution in [0, 0.1) is 20.8 Å². The van der Waals surface area contributed by atoms with E-state index < -0.39 is 0 Å². The van der Waals surface area contributed by atoms with Gasteiger partial charge in [-0.15, -0.1) is 10.2 Å². The summed E-state index contributed by atoms with van der Waals surface area (Å²) in [5.74, 6) is 3.41. The summed E-state index contributed by atoms with van der Waals surface area (Å²) in [4.78, 5) is 4.81. The molecule has 170 valence electrons. The summed E-state index contributed by atoms with van der Waals surface area (Å²) >= 11 is 0. The number of aryl methyl sites for hydroxylation is 4. The van der Waals surface area contributed by atoms with Crippen LogP contribution >= 0.6 is 0 Å². The van der Waals surface area contributed by atoms with Crippen molar-refractivity contribution in [2.24, 2.45) is 12.0 Å². The molecule has 9 nitrogen and oxygen atoms in total. The molecule has 0 saturated heterocycles. The summed E-state index contributed by atoms with van der Waals surface area (Å²) in [5, 5.41) is 20.0. The van der Waals surface area contributed by atoms with Crippen molar-refractivity contribution in [3.8, 4) is 5.75 Å². The van der Waals surface area contributed by atoms with E-state index in [1.165, 1.54) is 5.69 Å². The minimum absolute atomic E-state index is 0.142. The molecule has 0 bridgehead atoms. The summed E-state index contributed by atoms with van der Waals surface area (Å²) in [6, 6.07) is 10.4. The van der Waals surface area contributed by atoms with E-state index in [0.29, 0.717) is 13.2 Å². The van der Waals surface area contributed by atoms with E-state index in [9.17, 15) is 0 Å². The SMILES string of the molecule is Cc1cc(C)n(CCCNC(=NCc2nnc(C)n2C)NC2CCOc3ccccc32)n1. The van der Waals surface area contributed by atoms with Crippen LogP contribution < -0.4 is 15.4 Å². The number of ether oxygens (including phenoxy) is 1. The molecular weight excluding hydrogens is 404 g/mol. The second-order valence-electron chi connectivity index (χ2n) is 8.19. The highest BCUT2D eigenvalue weighted by molar-refractivity contribution is 5.80. The number of guanidine groups is 1. The third-order valence-corrected chi connectivity index (χ3v) is 5.77. The van der Waals surface area contributed by atoms with Crippen molar-refractivity contribution in [3.05, 3.63) is 58.9 Å². The molecule has 3 heterocycles. The quantitative estimate of drug-likeness (QED) is 0.336. The van der Waals surface area contributed by atoms with Gasteiger partial charge in [-0.25, -0.2) is 4.99 Å². The van der Waals surface area contributed by atoms with Crippen molar-refractivity contribution >= 4 is 5.96 Å². The Morgan fingerprint density at radius 2 is 2.06 bits per heavy atom. The molecule has 0 aliphatic carbocycles. The van der Waals surface area contributed by atoms with Crippen LogP contribution in [0.1, 0.15) is 47.5 Å². The van der Waals surface area contributed by atoms with Gasteiger partial charge in [0.1, 0.15) is 18.1 Å². The monoisotopic (exact) mass is 436 g/mol. The van der Waals surface area contributed by atoms with E-state index in [1.54, 1.807) is 0 Å². The molecule has 1 aliphatic heterocycles. The lowest BCUT2D eigenvalue weighted by Gasteiger charge is -2.28. The summed E-state index contributed by atoms with van der Waals surface area (Å²) in [6.07, 6.45) is 1.82. The van der Waals surface area contributed by atoms with Gasteiger partial charge in [-0.05, 0) is 39.3 Å². The van der Waals surface area contributed by atoms with Crippen molar-refractivity contribution in [3.63, 3.8) is 0 Å². The predicted octanol–water partition coefficient (Wildman–Crippen LogP) is 2.59. The first-order valence-electron chi connectivity index (χ1n) is 11.1. The van der Waals surface area contributed by atoms with Crippen LogP contribution in [0.4, 0.5) is 0 Å². The van der Waals surface area contributed by atoms with Crippen LogP contribution in [0.3, 0.4) is 0 Å². The number of rotatable bonds is 7. The van der Waals surface area contributed by atoms with Gasteiger partial charge >= 0.3 is 0 Å². The van der Waals surface area contributed by atoms with Crippen LogP contribution in [0.5, 0.6) is 5.75 Å². The van der Waals surface area contributed by atoms with Gasteiger partial charge in [0.05, 0.1) is 18.3 Å². The summed E-state index contributed by atoms with van der Waals surface area (Å²) in [5.41, 5.74) is 3.40. The number of nitrogens with zero attached hydrogens (tertiary/aromatic N) is 6. The highest BCUT2D eigenvalue weighted by Crippen LogP contribution is 2.31. The molecule has 0 radical (unpaired) electrons. The lowest BCUT2D eigenvalue weighted by atomic mass is 10.0. The maximum absolute atomic E-state index is 5.81. The van der Waals surface area contributed by atoms with Gasteiger partial charge in [0.15, 0.2) is 11.8 Å². The van der Waals surface area contributed by atoms with Gasteiger partial charge in [-0.2, -0.15) is 5.10 Å².